The topological polar surface area (TPSA) is 25.8 Å². The van der Waals surface area contributed by atoms with E-state index in [1.165, 1.54) is 11.3 Å². The van der Waals surface area contributed by atoms with E-state index in [2.05, 4.69) is 29.0 Å². The average Bonchev–Trinajstić information content (AvgIpc) is 2.16. The maximum Gasteiger partial charge on any atom is 0.187 e. The third-order valence-corrected chi connectivity index (χ3v) is 2.74. The number of nitrogens with zero attached hydrogens (tertiary/aromatic N) is 2. The second-order valence-electron chi connectivity index (χ2n) is 3.30. The van der Waals surface area contributed by atoms with Crippen LogP contribution in [0.2, 0.25) is 0 Å². The van der Waals surface area contributed by atoms with Gasteiger partial charge in [0.25, 0.3) is 0 Å². The van der Waals surface area contributed by atoms with Gasteiger partial charge in [-0.2, -0.15) is 0 Å². The lowest BCUT2D eigenvalue weighted by Crippen LogP contribution is -2.07. The maximum atomic E-state index is 4.48. The minimum atomic E-state index is 0.608. The molecule has 0 fully saturated rings. The van der Waals surface area contributed by atoms with Crippen molar-refractivity contribution in [3.63, 3.8) is 0 Å². The number of aromatic nitrogens is 2. The number of rotatable bonds is 1. The summed E-state index contributed by atoms with van der Waals surface area (Å²) in [5.74, 6) is 0.608. The van der Waals surface area contributed by atoms with Crippen LogP contribution in [0, 0.1) is 5.92 Å². The van der Waals surface area contributed by atoms with E-state index in [0.29, 0.717) is 5.92 Å². The fourth-order valence-electron chi connectivity index (χ4n) is 1.45. The summed E-state index contributed by atoms with van der Waals surface area (Å²) >= 11 is 1.60. The minimum Gasteiger partial charge on any atom is -0.230 e. The number of fused-ring (bicyclic) bond motifs is 1. The molecule has 1 atom stereocenters. The molecular weight excluding hydrogens is 180 g/mol. The van der Waals surface area contributed by atoms with Gasteiger partial charge in [0.05, 0.1) is 5.69 Å². The molecule has 0 bridgehead atoms. The molecule has 0 amide bonds. The van der Waals surface area contributed by atoms with Crippen LogP contribution in [0.1, 0.15) is 18.2 Å². The molecule has 0 saturated carbocycles. The van der Waals surface area contributed by atoms with E-state index in [1.807, 2.05) is 12.5 Å². The van der Waals surface area contributed by atoms with E-state index < -0.39 is 0 Å². The maximum absolute atomic E-state index is 4.48. The summed E-state index contributed by atoms with van der Waals surface area (Å²) in [5.41, 5.74) is 2.37. The summed E-state index contributed by atoms with van der Waals surface area (Å²) in [6.07, 6.45) is 9.29. The highest BCUT2D eigenvalue weighted by atomic mass is 32.2. The summed E-state index contributed by atoms with van der Waals surface area (Å²) in [7, 11) is 0. The van der Waals surface area contributed by atoms with Crippen LogP contribution in [0.15, 0.2) is 17.4 Å². The number of thioether (sulfide) groups is 1. The number of allylic oxidation sites excluding steroid dienone is 1. The molecule has 0 aromatic carbocycles. The molecule has 1 aromatic heterocycles. The van der Waals surface area contributed by atoms with Gasteiger partial charge in [-0.05, 0) is 18.6 Å². The van der Waals surface area contributed by atoms with Crippen LogP contribution < -0.4 is 0 Å². The molecule has 1 aromatic rings. The third-order valence-electron chi connectivity index (χ3n) is 2.18. The Labute approximate surface area is 82.5 Å². The lowest BCUT2D eigenvalue weighted by atomic mass is 9.96. The van der Waals surface area contributed by atoms with Gasteiger partial charge < -0.3 is 0 Å². The van der Waals surface area contributed by atoms with Crippen LogP contribution in [0.4, 0.5) is 0 Å². The highest BCUT2D eigenvalue weighted by molar-refractivity contribution is 7.98. The van der Waals surface area contributed by atoms with Crippen molar-refractivity contribution in [3.05, 3.63) is 23.5 Å². The molecule has 0 aliphatic heterocycles. The molecule has 1 aliphatic rings. The van der Waals surface area contributed by atoms with E-state index in [1.54, 1.807) is 11.8 Å². The summed E-state index contributed by atoms with van der Waals surface area (Å²) in [5, 5.41) is 0.876. The Morgan fingerprint density at radius 2 is 2.38 bits per heavy atom. The Kier molecular flexibility index (Phi) is 2.36. The molecular formula is C10H12N2S. The minimum absolute atomic E-state index is 0.608. The quantitative estimate of drug-likeness (QED) is 0.505. The normalized spacial score (nSPS) is 20.0. The SMILES string of the molecule is CSc1ncc2c(n1)CC(C)C=C2. The molecule has 0 saturated heterocycles. The van der Waals surface area contributed by atoms with Crippen molar-refractivity contribution in [2.45, 2.75) is 18.5 Å². The summed E-state index contributed by atoms with van der Waals surface area (Å²) in [4.78, 5) is 8.72. The Bertz CT molecular complexity index is 347. The van der Waals surface area contributed by atoms with Gasteiger partial charge in [0.1, 0.15) is 0 Å². The zero-order valence-corrected chi connectivity index (χ0v) is 8.64. The highest BCUT2D eigenvalue weighted by Gasteiger charge is 2.11. The van der Waals surface area contributed by atoms with Crippen molar-refractivity contribution in [3.8, 4) is 0 Å². The van der Waals surface area contributed by atoms with Gasteiger partial charge >= 0.3 is 0 Å². The Hall–Kier alpha value is -0.830. The lowest BCUT2D eigenvalue weighted by molar-refractivity contribution is 0.684. The van der Waals surface area contributed by atoms with E-state index in [-0.39, 0.29) is 0 Å². The zero-order chi connectivity index (χ0) is 9.26. The summed E-state index contributed by atoms with van der Waals surface area (Å²) in [6, 6.07) is 0. The standard InChI is InChI=1S/C10H12N2S/c1-7-3-4-8-6-11-10(13-2)12-9(8)5-7/h3-4,6-7H,5H2,1-2H3. The molecule has 0 spiro atoms. The number of hydrogen-bond donors (Lipinski definition) is 0. The molecule has 68 valence electrons. The van der Waals surface area contributed by atoms with Crippen molar-refractivity contribution in [1.82, 2.24) is 9.97 Å². The van der Waals surface area contributed by atoms with Crippen molar-refractivity contribution >= 4 is 17.8 Å². The van der Waals surface area contributed by atoms with E-state index >= 15 is 0 Å². The van der Waals surface area contributed by atoms with Gasteiger partial charge in [-0.3, -0.25) is 0 Å². The van der Waals surface area contributed by atoms with Crippen molar-refractivity contribution in [2.24, 2.45) is 5.92 Å². The molecule has 1 heterocycles. The van der Waals surface area contributed by atoms with Gasteiger partial charge in [-0.25, -0.2) is 9.97 Å². The van der Waals surface area contributed by atoms with E-state index in [0.717, 1.165) is 11.6 Å². The molecule has 1 unspecified atom stereocenters. The first-order valence-electron chi connectivity index (χ1n) is 4.37. The molecule has 13 heavy (non-hydrogen) atoms. The van der Waals surface area contributed by atoms with Gasteiger partial charge in [-0.1, -0.05) is 30.8 Å². The first-order chi connectivity index (χ1) is 6.29. The summed E-state index contributed by atoms with van der Waals surface area (Å²) < 4.78 is 0. The molecule has 2 nitrogen and oxygen atoms in total. The fourth-order valence-corrected chi connectivity index (χ4v) is 1.81. The predicted molar refractivity (Wildman–Crippen MR) is 55.7 cm³/mol. The van der Waals surface area contributed by atoms with Gasteiger partial charge in [0.15, 0.2) is 5.16 Å². The van der Waals surface area contributed by atoms with Gasteiger partial charge in [0, 0.05) is 11.8 Å². The molecule has 3 heteroatoms. The molecule has 0 radical (unpaired) electrons. The summed E-state index contributed by atoms with van der Waals surface area (Å²) in [6.45, 7) is 2.21. The van der Waals surface area contributed by atoms with Crippen LogP contribution in [0.3, 0.4) is 0 Å². The van der Waals surface area contributed by atoms with Crippen molar-refractivity contribution < 1.29 is 0 Å². The largest absolute Gasteiger partial charge is 0.230 e. The monoisotopic (exact) mass is 192 g/mol. The predicted octanol–water partition coefficient (Wildman–Crippen LogP) is 2.40. The zero-order valence-electron chi connectivity index (χ0n) is 7.82. The van der Waals surface area contributed by atoms with Gasteiger partial charge in [-0.15, -0.1) is 0 Å². The first kappa shape index (κ1) is 8.75. The van der Waals surface area contributed by atoms with Crippen LogP contribution in [0.25, 0.3) is 6.08 Å². The Morgan fingerprint density at radius 3 is 3.15 bits per heavy atom. The second kappa shape index (κ2) is 3.50. The van der Waals surface area contributed by atoms with Crippen LogP contribution >= 0.6 is 11.8 Å². The molecule has 0 N–H and O–H groups in total. The van der Waals surface area contributed by atoms with Crippen LogP contribution in [-0.4, -0.2) is 16.2 Å². The third kappa shape index (κ3) is 1.75. The van der Waals surface area contributed by atoms with E-state index in [4.69, 9.17) is 0 Å². The first-order valence-corrected chi connectivity index (χ1v) is 5.60. The number of hydrogen-bond acceptors (Lipinski definition) is 3. The van der Waals surface area contributed by atoms with Crippen molar-refractivity contribution in [1.29, 1.82) is 0 Å². The van der Waals surface area contributed by atoms with Crippen molar-refractivity contribution in [2.75, 3.05) is 6.26 Å². The highest BCUT2D eigenvalue weighted by Crippen LogP contribution is 2.21. The van der Waals surface area contributed by atoms with Gasteiger partial charge in [0.2, 0.25) is 0 Å². The molecule has 1 aliphatic carbocycles. The van der Waals surface area contributed by atoms with E-state index in [9.17, 15) is 0 Å². The van der Waals surface area contributed by atoms with Crippen LogP contribution in [0.5, 0.6) is 0 Å². The average molecular weight is 192 g/mol. The Balaban J connectivity index is 2.40. The lowest BCUT2D eigenvalue weighted by Gasteiger charge is -2.14. The fraction of sp³-hybridized carbons (Fsp3) is 0.400. The second-order valence-corrected chi connectivity index (χ2v) is 4.07. The van der Waals surface area contributed by atoms with Crippen LogP contribution in [-0.2, 0) is 6.42 Å². The Morgan fingerprint density at radius 1 is 1.54 bits per heavy atom. The molecule has 2 rings (SSSR count). The smallest absolute Gasteiger partial charge is 0.187 e.